The zero-order valence-corrected chi connectivity index (χ0v) is 20.1. The van der Waals surface area contributed by atoms with Crippen LogP contribution in [0, 0.1) is 11.7 Å². The van der Waals surface area contributed by atoms with E-state index in [-0.39, 0.29) is 18.3 Å². The molecule has 2 heterocycles. The van der Waals surface area contributed by atoms with Crippen molar-refractivity contribution >= 4 is 23.8 Å². The Bertz CT molecular complexity index is 1150. The van der Waals surface area contributed by atoms with Crippen molar-refractivity contribution in [3.8, 4) is 5.75 Å². The highest BCUT2D eigenvalue weighted by Crippen LogP contribution is 2.23. The van der Waals surface area contributed by atoms with Gasteiger partial charge in [-0.25, -0.2) is 9.18 Å². The SMILES string of the molecule is COc1ccc(CN2C(=O)NC(=O)C2=O)cc1C(=O)NCCC1CCN(Cc2ccc(F)cc2)CC1. The lowest BCUT2D eigenvalue weighted by atomic mass is 9.93. The van der Waals surface area contributed by atoms with Crippen molar-refractivity contribution < 1.29 is 28.3 Å². The van der Waals surface area contributed by atoms with Crippen LogP contribution >= 0.6 is 0 Å². The third-order valence-corrected chi connectivity index (χ3v) is 6.62. The molecule has 5 amide bonds. The number of carbonyl (C=O) groups excluding carboxylic acids is 4. The van der Waals surface area contributed by atoms with Crippen LogP contribution < -0.4 is 15.4 Å². The number of piperidine rings is 1. The Morgan fingerprint density at radius 2 is 1.75 bits per heavy atom. The standard InChI is InChI=1S/C26H29FN4O5/c1-36-22-7-4-19(16-31-25(34)24(33)29-26(31)35)14-21(22)23(32)28-11-8-17-9-12-30(13-10-17)15-18-2-5-20(27)6-3-18/h2-7,14,17H,8-13,15-16H2,1H3,(H,28,32)(H,29,33,35). The fourth-order valence-electron chi connectivity index (χ4n) is 4.56. The van der Waals surface area contributed by atoms with Gasteiger partial charge in [-0.2, -0.15) is 0 Å². The third kappa shape index (κ3) is 6.06. The van der Waals surface area contributed by atoms with Crippen LogP contribution in [0.15, 0.2) is 42.5 Å². The first-order chi connectivity index (χ1) is 17.3. The summed E-state index contributed by atoms with van der Waals surface area (Å²) in [5, 5.41) is 4.89. The van der Waals surface area contributed by atoms with Crippen molar-refractivity contribution in [3.63, 3.8) is 0 Å². The van der Waals surface area contributed by atoms with E-state index < -0.39 is 17.8 Å². The van der Waals surface area contributed by atoms with Crippen LogP contribution in [0.5, 0.6) is 5.75 Å². The summed E-state index contributed by atoms with van der Waals surface area (Å²) in [7, 11) is 1.46. The predicted molar refractivity (Wildman–Crippen MR) is 128 cm³/mol. The number of benzene rings is 2. The smallest absolute Gasteiger partial charge is 0.331 e. The van der Waals surface area contributed by atoms with E-state index in [0.717, 1.165) is 49.4 Å². The summed E-state index contributed by atoms with van der Waals surface area (Å²) in [5.41, 5.74) is 1.91. The zero-order chi connectivity index (χ0) is 25.7. The molecule has 0 aromatic heterocycles. The molecular formula is C26H29FN4O5. The molecule has 2 aliphatic rings. The molecule has 2 N–H and O–H groups in total. The molecule has 0 unspecified atom stereocenters. The molecule has 2 aromatic rings. The first kappa shape index (κ1) is 25.3. The van der Waals surface area contributed by atoms with Gasteiger partial charge >= 0.3 is 17.8 Å². The normalized spacial score (nSPS) is 16.8. The second-order valence-electron chi connectivity index (χ2n) is 9.08. The number of rotatable bonds is 9. The fraction of sp³-hybridized carbons (Fsp3) is 0.385. The third-order valence-electron chi connectivity index (χ3n) is 6.62. The van der Waals surface area contributed by atoms with Crippen molar-refractivity contribution in [2.75, 3.05) is 26.7 Å². The Kier molecular flexibility index (Phi) is 7.94. The van der Waals surface area contributed by atoms with Gasteiger partial charge in [-0.05, 0) is 73.7 Å². The van der Waals surface area contributed by atoms with Crippen LogP contribution in [-0.4, -0.2) is 60.3 Å². The molecular weight excluding hydrogens is 467 g/mol. The molecule has 2 aromatic carbocycles. The summed E-state index contributed by atoms with van der Waals surface area (Å²) in [6, 6.07) is 10.6. The molecule has 190 valence electrons. The van der Waals surface area contributed by atoms with Crippen LogP contribution in [0.25, 0.3) is 0 Å². The van der Waals surface area contributed by atoms with Gasteiger partial charge in [0.2, 0.25) is 0 Å². The van der Waals surface area contributed by atoms with Gasteiger partial charge in [0.05, 0.1) is 19.2 Å². The highest BCUT2D eigenvalue weighted by Gasteiger charge is 2.36. The molecule has 0 bridgehead atoms. The predicted octanol–water partition coefficient (Wildman–Crippen LogP) is 2.44. The first-order valence-electron chi connectivity index (χ1n) is 11.9. The Labute approximate surface area is 208 Å². The molecule has 2 saturated heterocycles. The van der Waals surface area contributed by atoms with Gasteiger partial charge in [0.15, 0.2) is 0 Å². The summed E-state index contributed by atoms with van der Waals surface area (Å²) in [6.45, 7) is 3.10. The molecule has 4 rings (SSSR count). The van der Waals surface area contributed by atoms with Crippen molar-refractivity contribution in [2.45, 2.75) is 32.4 Å². The minimum Gasteiger partial charge on any atom is -0.496 e. The number of methoxy groups -OCH3 is 1. The van der Waals surface area contributed by atoms with Gasteiger partial charge in [0, 0.05) is 13.1 Å². The zero-order valence-electron chi connectivity index (χ0n) is 20.1. The topological polar surface area (TPSA) is 108 Å². The van der Waals surface area contributed by atoms with E-state index >= 15 is 0 Å². The first-order valence-corrected chi connectivity index (χ1v) is 11.9. The van der Waals surface area contributed by atoms with E-state index in [9.17, 15) is 23.6 Å². The number of imide groups is 2. The summed E-state index contributed by atoms with van der Waals surface area (Å²) in [5.74, 6) is -1.55. The molecule has 0 aliphatic carbocycles. The van der Waals surface area contributed by atoms with E-state index in [1.165, 1.54) is 19.2 Å². The van der Waals surface area contributed by atoms with Crippen LogP contribution in [0.3, 0.4) is 0 Å². The largest absolute Gasteiger partial charge is 0.496 e. The molecule has 0 atom stereocenters. The fourth-order valence-corrected chi connectivity index (χ4v) is 4.56. The number of hydrogen-bond acceptors (Lipinski definition) is 6. The molecule has 9 nitrogen and oxygen atoms in total. The minimum absolute atomic E-state index is 0.128. The second kappa shape index (κ2) is 11.3. The molecule has 0 radical (unpaired) electrons. The maximum atomic E-state index is 13.1. The Balaban J connectivity index is 1.26. The molecule has 2 aliphatic heterocycles. The Hall–Kier alpha value is -3.79. The minimum atomic E-state index is -0.965. The second-order valence-corrected chi connectivity index (χ2v) is 9.08. The maximum absolute atomic E-state index is 13.1. The van der Waals surface area contributed by atoms with E-state index in [4.69, 9.17) is 4.74 Å². The number of ether oxygens (including phenoxy) is 1. The quantitative estimate of drug-likeness (QED) is 0.408. The summed E-state index contributed by atoms with van der Waals surface area (Å²) in [6.07, 6.45) is 2.91. The molecule has 2 fully saturated rings. The lowest BCUT2D eigenvalue weighted by Crippen LogP contribution is -2.35. The van der Waals surface area contributed by atoms with Gasteiger partial charge in [0.25, 0.3) is 5.91 Å². The van der Waals surface area contributed by atoms with Crippen LogP contribution in [0.1, 0.15) is 40.7 Å². The maximum Gasteiger partial charge on any atom is 0.331 e. The average Bonchev–Trinajstić information content (AvgIpc) is 3.12. The number of hydrogen-bond donors (Lipinski definition) is 2. The Morgan fingerprint density at radius 3 is 2.39 bits per heavy atom. The van der Waals surface area contributed by atoms with E-state index in [2.05, 4.69) is 10.2 Å². The van der Waals surface area contributed by atoms with Crippen LogP contribution in [0.2, 0.25) is 0 Å². The van der Waals surface area contributed by atoms with Crippen molar-refractivity contribution in [1.29, 1.82) is 0 Å². The molecule has 10 heteroatoms. The van der Waals surface area contributed by atoms with Gasteiger partial charge in [-0.3, -0.25) is 29.5 Å². The monoisotopic (exact) mass is 496 g/mol. The van der Waals surface area contributed by atoms with E-state index in [1.807, 2.05) is 17.4 Å². The number of carbonyl (C=O) groups is 4. The number of nitrogens with zero attached hydrogens (tertiary/aromatic N) is 2. The highest BCUT2D eigenvalue weighted by molar-refractivity contribution is 6.44. The number of amides is 5. The molecule has 0 saturated carbocycles. The van der Waals surface area contributed by atoms with Gasteiger partial charge in [-0.15, -0.1) is 0 Å². The van der Waals surface area contributed by atoms with Gasteiger partial charge < -0.3 is 10.1 Å². The molecule has 0 spiro atoms. The summed E-state index contributed by atoms with van der Waals surface area (Å²) in [4.78, 5) is 51.1. The lowest BCUT2D eigenvalue weighted by Gasteiger charge is -2.32. The molecule has 36 heavy (non-hydrogen) atoms. The van der Waals surface area contributed by atoms with Crippen molar-refractivity contribution in [1.82, 2.24) is 20.4 Å². The van der Waals surface area contributed by atoms with E-state index in [0.29, 0.717) is 29.3 Å². The summed E-state index contributed by atoms with van der Waals surface area (Å²) < 4.78 is 18.4. The lowest BCUT2D eigenvalue weighted by molar-refractivity contribution is -0.140. The Morgan fingerprint density at radius 1 is 1.06 bits per heavy atom. The summed E-state index contributed by atoms with van der Waals surface area (Å²) >= 11 is 0. The van der Waals surface area contributed by atoms with Gasteiger partial charge in [-0.1, -0.05) is 18.2 Å². The van der Waals surface area contributed by atoms with E-state index in [1.54, 1.807) is 18.2 Å². The van der Waals surface area contributed by atoms with Crippen molar-refractivity contribution in [3.05, 3.63) is 65.0 Å². The number of urea groups is 1. The highest BCUT2D eigenvalue weighted by atomic mass is 19.1. The van der Waals surface area contributed by atoms with Crippen LogP contribution in [-0.2, 0) is 22.7 Å². The number of likely N-dealkylation sites (tertiary alicyclic amines) is 1. The van der Waals surface area contributed by atoms with Gasteiger partial charge in [0.1, 0.15) is 11.6 Å². The number of nitrogens with one attached hydrogen (secondary N) is 2. The van der Waals surface area contributed by atoms with Crippen LogP contribution in [0.4, 0.5) is 9.18 Å². The van der Waals surface area contributed by atoms with Crippen molar-refractivity contribution in [2.24, 2.45) is 5.92 Å². The number of halogens is 1. The average molecular weight is 497 g/mol.